The molecular weight excluding hydrogens is 506 g/mol. The van der Waals surface area contributed by atoms with Gasteiger partial charge in [-0.05, 0) is 60.0 Å². The average molecular weight is 530 g/mol. The Morgan fingerprint density at radius 3 is 2.37 bits per heavy atom. The van der Waals surface area contributed by atoms with Crippen LogP contribution in [0.3, 0.4) is 0 Å². The molecule has 0 aliphatic heterocycles. The molecule has 8 nitrogen and oxygen atoms in total. The van der Waals surface area contributed by atoms with Gasteiger partial charge in [0.1, 0.15) is 23.9 Å². The quantitative estimate of drug-likeness (QED) is 0.183. The van der Waals surface area contributed by atoms with Gasteiger partial charge in [-0.25, -0.2) is 4.79 Å². The molecule has 1 aromatic heterocycles. The van der Waals surface area contributed by atoms with Crippen molar-refractivity contribution < 1.29 is 24.5 Å². The zero-order valence-electron chi connectivity index (χ0n) is 20.4. The molecule has 0 saturated carbocycles. The van der Waals surface area contributed by atoms with Crippen molar-refractivity contribution in [1.82, 2.24) is 9.97 Å². The molecule has 0 unspecified atom stereocenters. The maximum atomic E-state index is 11.4. The number of carbonyl (C=O) groups is 1. The van der Waals surface area contributed by atoms with Crippen LogP contribution in [0.25, 0.3) is 33.3 Å². The second kappa shape index (κ2) is 10.5. The molecule has 0 amide bonds. The lowest BCUT2D eigenvalue weighted by Crippen LogP contribution is -2.10. The van der Waals surface area contributed by atoms with Gasteiger partial charge < -0.3 is 30.4 Å². The SMILES string of the molecule is Cc1ccc(Oc2nc3cc(-c4ccc(-c5ccc(OCCN)cc5O)cc4)c(Cl)cc3[nH]2)cc1C(=O)O. The Bertz CT molecular complexity index is 1650. The number of nitrogens with two attached hydrogens (primary N) is 1. The number of aromatic carboxylic acids is 1. The number of phenols is 1. The van der Waals surface area contributed by atoms with Crippen molar-refractivity contribution in [2.75, 3.05) is 13.2 Å². The largest absolute Gasteiger partial charge is 0.507 e. The van der Waals surface area contributed by atoms with Crippen molar-refractivity contribution >= 4 is 28.6 Å². The predicted octanol–water partition coefficient (Wildman–Crippen LogP) is 6.39. The third-order valence-electron chi connectivity index (χ3n) is 6.07. The van der Waals surface area contributed by atoms with E-state index < -0.39 is 5.97 Å². The number of nitrogens with zero attached hydrogens (tertiary/aromatic N) is 1. The summed E-state index contributed by atoms with van der Waals surface area (Å²) in [4.78, 5) is 19.0. The molecule has 0 saturated heterocycles. The maximum Gasteiger partial charge on any atom is 0.336 e. The van der Waals surface area contributed by atoms with E-state index in [1.54, 1.807) is 43.3 Å². The smallest absolute Gasteiger partial charge is 0.336 e. The van der Waals surface area contributed by atoms with Crippen molar-refractivity contribution in [3.05, 3.63) is 88.9 Å². The summed E-state index contributed by atoms with van der Waals surface area (Å²) in [6, 6.07) is 21.5. The van der Waals surface area contributed by atoms with Crippen LogP contribution >= 0.6 is 11.6 Å². The molecule has 5 N–H and O–H groups in total. The van der Waals surface area contributed by atoms with Gasteiger partial charge in [0.05, 0.1) is 21.6 Å². The van der Waals surface area contributed by atoms with Gasteiger partial charge in [0, 0.05) is 23.7 Å². The highest BCUT2D eigenvalue weighted by Crippen LogP contribution is 2.36. The summed E-state index contributed by atoms with van der Waals surface area (Å²) in [6.45, 7) is 2.49. The number of fused-ring (bicyclic) bond motifs is 1. The number of aromatic hydroxyl groups is 1. The molecule has 0 aliphatic rings. The molecule has 5 aromatic rings. The number of H-pyrrole nitrogens is 1. The van der Waals surface area contributed by atoms with Gasteiger partial charge in [0.15, 0.2) is 0 Å². The lowest BCUT2D eigenvalue weighted by atomic mass is 9.99. The van der Waals surface area contributed by atoms with Crippen molar-refractivity contribution in [3.8, 4) is 45.5 Å². The topological polar surface area (TPSA) is 131 Å². The van der Waals surface area contributed by atoms with Gasteiger partial charge in [0.2, 0.25) is 0 Å². The number of halogens is 1. The number of rotatable bonds is 8. The van der Waals surface area contributed by atoms with Crippen LogP contribution in [0.4, 0.5) is 0 Å². The summed E-state index contributed by atoms with van der Waals surface area (Å²) in [5.74, 6) is 0.000217. The number of aromatic nitrogens is 2. The molecule has 4 aromatic carbocycles. The lowest BCUT2D eigenvalue weighted by Gasteiger charge is -2.10. The summed E-state index contributed by atoms with van der Waals surface area (Å²) in [5.41, 5.74) is 10.7. The Hall–Kier alpha value is -4.53. The molecule has 0 aliphatic carbocycles. The number of nitrogens with one attached hydrogen (secondary N) is 1. The lowest BCUT2D eigenvalue weighted by molar-refractivity contribution is 0.0695. The van der Waals surface area contributed by atoms with Gasteiger partial charge in [0.25, 0.3) is 6.01 Å². The Morgan fingerprint density at radius 1 is 0.974 bits per heavy atom. The number of benzene rings is 4. The molecule has 0 radical (unpaired) electrons. The molecule has 9 heteroatoms. The van der Waals surface area contributed by atoms with E-state index in [-0.39, 0.29) is 17.3 Å². The van der Waals surface area contributed by atoms with Crippen LogP contribution in [-0.2, 0) is 0 Å². The number of aryl methyl sites for hydroxylation is 1. The summed E-state index contributed by atoms with van der Waals surface area (Å²) in [7, 11) is 0. The Balaban J connectivity index is 1.40. The summed E-state index contributed by atoms with van der Waals surface area (Å²) >= 11 is 6.60. The first-order valence-electron chi connectivity index (χ1n) is 11.8. The number of carboxylic acid groups (broad SMARTS) is 1. The Labute approximate surface area is 223 Å². The molecule has 0 spiro atoms. The fourth-order valence-corrected chi connectivity index (χ4v) is 4.41. The zero-order chi connectivity index (χ0) is 26.8. The molecule has 1 heterocycles. The van der Waals surface area contributed by atoms with E-state index in [1.807, 2.05) is 30.3 Å². The second-order valence-corrected chi connectivity index (χ2v) is 9.08. The van der Waals surface area contributed by atoms with E-state index in [0.717, 1.165) is 16.7 Å². The fraction of sp³-hybridized carbons (Fsp3) is 0.103. The van der Waals surface area contributed by atoms with Crippen LogP contribution in [0, 0.1) is 6.92 Å². The molecule has 0 fully saturated rings. The van der Waals surface area contributed by atoms with Gasteiger partial charge in [-0.2, -0.15) is 4.98 Å². The van der Waals surface area contributed by atoms with Crippen molar-refractivity contribution in [3.63, 3.8) is 0 Å². The number of hydrogen-bond donors (Lipinski definition) is 4. The van der Waals surface area contributed by atoms with Crippen LogP contribution in [0.15, 0.2) is 72.8 Å². The highest BCUT2D eigenvalue weighted by atomic mass is 35.5. The second-order valence-electron chi connectivity index (χ2n) is 8.67. The summed E-state index contributed by atoms with van der Waals surface area (Å²) < 4.78 is 11.3. The van der Waals surface area contributed by atoms with Crippen LogP contribution in [0.5, 0.6) is 23.3 Å². The van der Waals surface area contributed by atoms with Crippen LogP contribution in [-0.4, -0.2) is 39.3 Å². The summed E-state index contributed by atoms with van der Waals surface area (Å²) in [5, 5.41) is 20.4. The third kappa shape index (κ3) is 5.13. The average Bonchev–Trinajstić information content (AvgIpc) is 3.29. The zero-order valence-corrected chi connectivity index (χ0v) is 21.1. The minimum Gasteiger partial charge on any atom is -0.507 e. The van der Waals surface area contributed by atoms with E-state index in [2.05, 4.69) is 9.97 Å². The molecule has 0 atom stereocenters. The van der Waals surface area contributed by atoms with Crippen LogP contribution < -0.4 is 15.2 Å². The van der Waals surface area contributed by atoms with Gasteiger partial charge >= 0.3 is 5.97 Å². The summed E-state index contributed by atoms with van der Waals surface area (Å²) in [6.07, 6.45) is 0. The number of imidazole rings is 1. The first-order valence-corrected chi connectivity index (χ1v) is 12.2. The van der Waals surface area contributed by atoms with E-state index >= 15 is 0 Å². The van der Waals surface area contributed by atoms with Gasteiger partial charge in [-0.3, -0.25) is 0 Å². The number of ether oxygens (including phenoxy) is 2. The molecule has 5 rings (SSSR count). The van der Waals surface area contributed by atoms with Gasteiger partial charge in [-0.15, -0.1) is 0 Å². The monoisotopic (exact) mass is 529 g/mol. The molecule has 0 bridgehead atoms. The van der Waals surface area contributed by atoms with E-state index in [0.29, 0.717) is 51.8 Å². The normalized spacial score (nSPS) is 11.0. The van der Waals surface area contributed by atoms with Crippen molar-refractivity contribution in [2.45, 2.75) is 6.92 Å². The highest BCUT2D eigenvalue weighted by molar-refractivity contribution is 6.34. The number of aromatic amines is 1. The molecule has 192 valence electrons. The Morgan fingerprint density at radius 2 is 1.68 bits per heavy atom. The molecular formula is C29H24ClN3O5. The minimum absolute atomic E-state index is 0.111. The first kappa shape index (κ1) is 25.1. The fourth-order valence-electron chi connectivity index (χ4n) is 4.13. The standard InChI is InChI=1S/C29H24ClN3O5/c1-16-2-7-20(12-22(16)28(35)36)38-29-32-25-14-23(24(30)15-26(25)33-29)18-5-3-17(4-6-18)21-9-8-19(13-27(21)34)37-11-10-31/h2-9,12-15,34H,10-11,31H2,1H3,(H,32,33)(H,35,36). The first-order chi connectivity index (χ1) is 18.3. The highest BCUT2D eigenvalue weighted by Gasteiger charge is 2.14. The van der Waals surface area contributed by atoms with Crippen LogP contribution in [0.1, 0.15) is 15.9 Å². The number of phenolic OH excluding ortho intramolecular Hbond substituents is 1. The molecule has 38 heavy (non-hydrogen) atoms. The number of carboxylic acids is 1. The van der Waals surface area contributed by atoms with Crippen LogP contribution in [0.2, 0.25) is 5.02 Å². The van der Waals surface area contributed by atoms with E-state index in [4.69, 9.17) is 26.8 Å². The number of hydrogen-bond acceptors (Lipinski definition) is 6. The van der Waals surface area contributed by atoms with E-state index in [9.17, 15) is 15.0 Å². The van der Waals surface area contributed by atoms with Gasteiger partial charge in [-0.1, -0.05) is 41.9 Å². The van der Waals surface area contributed by atoms with Crippen molar-refractivity contribution in [2.24, 2.45) is 5.73 Å². The van der Waals surface area contributed by atoms with Crippen molar-refractivity contribution in [1.29, 1.82) is 0 Å². The Kier molecular flexibility index (Phi) is 6.91. The maximum absolute atomic E-state index is 11.4. The predicted molar refractivity (Wildman–Crippen MR) is 146 cm³/mol. The third-order valence-corrected chi connectivity index (χ3v) is 6.38. The van der Waals surface area contributed by atoms with E-state index in [1.165, 1.54) is 6.07 Å². The minimum atomic E-state index is -1.02.